The van der Waals surface area contributed by atoms with E-state index in [4.69, 9.17) is 4.74 Å². The Bertz CT molecular complexity index is 914. The van der Waals surface area contributed by atoms with E-state index < -0.39 is 16.6 Å². The van der Waals surface area contributed by atoms with Crippen LogP contribution < -0.4 is 4.74 Å². The van der Waals surface area contributed by atoms with Crippen molar-refractivity contribution in [2.75, 3.05) is 0 Å². The van der Waals surface area contributed by atoms with Crippen LogP contribution in [0.3, 0.4) is 0 Å². The Morgan fingerprint density at radius 3 is 2.26 bits per heavy atom. The second-order valence-corrected chi connectivity index (χ2v) is 8.76. The van der Waals surface area contributed by atoms with Crippen LogP contribution in [0.2, 0.25) is 0 Å². The Kier molecular flexibility index (Phi) is 7.63. The van der Waals surface area contributed by atoms with Crippen molar-refractivity contribution in [2.45, 2.75) is 78.1 Å². The van der Waals surface area contributed by atoms with Crippen LogP contribution in [0.1, 0.15) is 80.9 Å². The Labute approximate surface area is 182 Å². The first-order chi connectivity index (χ1) is 14.8. The summed E-state index contributed by atoms with van der Waals surface area (Å²) in [5.41, 5.74) is 1.36. The summed E-state index contributed by atoms with van der Waals surface area (Å²) >= 11 is 0. The minimum absolute atomic E-state index is 0.0359. The van der Waals surface area contributed by atoms with Gasteiger partial charge in [0.25, 0.3) is 5.69 Å². The average molecular weight is 432 g/mol. The minimum atomic E-state index is -1.00. The van der Waals surface area contributed by atoms with Crippen molar-refractivity contribution in [3.63, 3.8) is 0 Å². The fourth-order valence-electron chi connectivity index (χ4n) is 4.69. The normalized spacial score (nSPS) is 18.7. The van der Waals surface area contributed by atoms with Gasteiger partial charge in [-0.1, -0.05) is 38.7 Å². The molecule has 0 aromatic heterocycles. The van der Waals surface area contributed by atoms with E-state index in [1.165, 1.54) is 43.9 Å². The monoisotopic (exact) mass is 431 g/mol. The number of aryl methyl sites for hydroxylation is 2. The SMILES string of the molecule is CCCCC[C@H]1CC[C@H](c2ccc(Oc3c(C)cc([N+](=O)[O-])cc3C)c(F)c2F)CC1. The molecule has 2 aromatic carbocycles. The molecule has 0 spiro atoms. The van der Waals surface area contributed by atoms with E-state index >= 15 is 0 Å². The van der Waals surface area contributed by atoms with Gasteiger partial charge in [0.2, 0.25) is 5.82 Å². The molecule has 0 bridgehead atoms. The predicted molar refractivity (Wildman–Crippen MR) is 118 cm³/mol. The number of hydrogen-bond donors (Lipinski definition) is 0. The molecule has 0 amide bonds. The fraction of sp³-hybridized carbons (Fsp3) is 0.520. The molecular weight excluding hydrogens is 400 g/mol. The van der Waals surface area contributed by atoms with Crippen LogP contribution in [-0.4, -0.2) is 4.92 Å². The van der Waals surface area contributed by atoms with Crippen LogP contribution in [0.25, 0.3) is 0 Å². The van der Waals surface area contributed by atoms with E-state index in [1.54, 1.807) is 19.9 Å². The summed E-state index contributed by atoms with van der Waals surface area (Å²) in [5.74, 6) is -0.997. The van der Waals surface area contributed by atoms with E-state index in [2.05, 4.69) is 6.92 Å². The lowest BCUT2D eigenvalue weighted by Crippen LogP contribution is -2.15. The number of nitro benzene ring substituents is 1. The molecule has 0 saturated heterocycles. The highest BCUT2D eigenvalue weighted by molar-refractivity contribution is 5.51. The van der Waals surface area contributed by atoms with E-state index in [0.717, 1.165) is 25.7 Å². The Morgan fingerprint density at radius 1 is 1.03 bits per heavy atom. The number of unbranched alkanes of at least 4 members (excludes halogenated alkanes) is 2. The zero-order chi connectivity index (χ0) is 22.5. The molecular formula is C25H31F2NO3. The Hall–Kier alpha value is -2.50. The lowest BCUT2D eigenvalue weighted by molar-refractivity contribution is -0.385. The standard InChI is InChI=1S/C25H31F2NO3/c1-4-5-6-7-18-8-10-19(11-9-18)21-12-13-22(24(27)23(21)26)31-25-16(2)14-20(28(29)30)15-17(25)3/h12-15,18-19H,4-11H2,1-3H3/t18-,19-. The fourth-order valence-corrected chi connectivity index (χ4v) is 4.69. The molecule has 0 atom stereocenters. The molecule has 1 aliphatic rings. The van der Waals surface area contributed by atoms with Crippen LogP contribution in [-0.2, 0) is 0 Å². The van der Waals surface area contributed by atoms with Gasteiger partial charge in [-0.2, -0.15) is 4.39 Å². The third kappa shape index (κ3) is 5.41. The van der Waals surface area contributed by atoms with Crippen LogP contribution >= 0.6 is 0 Å². The number of nitro groups is 1. The van der Waals surface area contributed by atoms with Gasteiger partial charge in [0, 0.05) is 12.1 Å². The highest BCUT2D eigenvalue weighted by Gasteiger charge is 2.27. The molecule has 0 radical (unpaired) electrons. The Morgan fingerprint density at radius 2 is 1.68 bits per heavy atom. The van der Waals surface area contributed by atoms with Gasteiger partial charge in [0.15, 0.2) is 11.6 Å². The number of non-ortho nitro benzene ring substituents is 1. The average Bonchev–Trinajstić information content (AvgIpc) is 2.74. The maximum Gasteiger partial charge on any atom is 0.270 e. The van der Waals surface area contributed by atoms with Gasteiger partial charge in [0.1, 0.15) is 5.75 Å². The van der Waals surface area contributed by atoms with Gasteiger partial charge < -0.3 is 4.74 Å². The zero-order valence-corrected chi connectivity index (χ0v) is 18.5. The number of hydrogen-bond acceptors (Lipinski definition) is 3. The van der Waals surface area contributed by atoms with Crippen molar-refractivity contribution in [3.8, 4) is 11.5 Å². The number of halogens is 2. The highest BCUT2D eigenvalue weighted by Crippen LogP contribution is 2.41. The van der Waals surface area contributed by atoms with Crippen LogP contribution in [0.5, 0.6) is 11.5 Å². The number of nitrogens with zero attached hydrogens (tertiary/aromatic N) is 1. The molecule has 168 valence electrons. The Balaban J connectivity index is 1.73. The molecule has 0 N–H and O–H groups in total. The van der Waals surface area contributed by atoms with Gasteiger partial charge >= 0.3 is 0 Å². The number of ether oxygens (including phenoxy) is 1. The summed E-state index contributed by atoms with van der Waals surface area (Å²) in [7, 11) is 0. The lowest BCUT2D eigenvalue weighted by Gasteiger charge is -2.29. The summed E-state index contributed by atoms with van der Waals surface area (Å²) in [5, 5.41) is 11.0. The van der Waals surface area contributed by atoms with Crippen molar-refractivity contribution in [1.82, 2.24) is 0 Å². The minimum Gasteiger partial charge on any atom is -0.454 e. The maximum atomic E-state index is 14.9. The second-order valence-electron chi connectivity index (χ2n) is 8.76. The van der Waals surface area contributed by atoms with Crippen molar-refractivity contribution in [2.24, 2.45) is 5.92 Å². The maximum absolute atomic E-state index is 14.9. The van der Waals surface area contributed by atoms with Crippen molar-refractivity contribution in [1.29, 1.82) is 0 Å². The summed E-state index contributed by atoms with van der Waals surface area (Å²) < 4.78 is 35.4. The lowest BCUT2D eigenvalue weighted by atomic mass is 9.77. The predicted octanol–water partition coefficient (Wildman–Crippen LogP) is 8.14. The third-order valence-electron chi connectivity index (χ3n) is 6.45. The second kappa shape index (κ2) is 10.2. The van der Waals surface area contributed by atoms with Crippen molar-refractivity contribution < 1.29 is 18.4 Å². The van der Waals surface area contributed by atoms with Gasteiger partial charge in [0.05, 0.1) is 4.92 Å². The summed E-state index contributed by atoms with van der Waals surface area (Å²) in [6.07, 6.45) is 8.86. The van der Waals surface area contributed by atoms with Crippen LogP contribution in [0, 0.1) is 41.5 Å². The van der Waals surface area contributed by atoms with E-state index in [0.29, 0.717) is 28.4 Å². The molecule has 31 heavy (non-hydrogen) atoms. The first kappa shape index (κ1) is 23.2. The van der Waals surface area contributed by atoms with Crippen molar-refractivity contribution >= 4 is 5.69 Å². The molecule has 2 aromatic rings. The molecule has 6 heteroatoms. The molecule has 1 saturated carbocycles. The third-order valence-corrected chi connectivity index (χ3v) is 6.45. The van der Waals surface area contributed by atoms with Crippen molar-refractivity contribution in [3.05, 3.63) is 62.7 Å². The molecule has 1 aliphatic carbocycles. The molecule has 0 unspecified atom stereocenters. The number of benzene rings is 2. The van der Waals surface area contributed by atoms with Gasteiger partial charge in [-0.25, -0.2) is 4.39 Å². The first-order valence-corrected chi connectivity index (χ1v) is 11.2. The summed E-state index contributed by atoms with van der Waals surface area (Å²) in [6, 6.07) is 5.83. The first-order valence-electron chi connectivity index (χ1n) is 11.2. The molecule has 0 heterocycles. The number of rotatable bonds is 8. The quantitative estimate of drug-likeness (QED) is 0.241. The van der Waals surface area contributed by atoms with Crippen LogP contribution in [0.4, 0.5) is 14.5 Å². The largest absolute Gasteiger partial charge is 0.454 e. The molecule has 4 nitrogen and oxygen atoms in total. The van der Waals surface area contributed by atoms with E-state index in [1.807, 2.05) is 0 Å². The summed E-state index contributed by atoms with van der Waals surface area (Å²) in [4.78, 5) is 10.5. The molecule has 3 rings (SSSR count). The van der Waals surface area contributed by atoms with E-state index in [9.17, 15) is 18.9 Å². The summed E-state index contributed by atoms with van der Waals surface area (Å²) in [6.45, 7) is 5.50. The highest BCUT2D eigenvalue weighted by atomic mass is 19.2. The van der Waals surface area contributed by atoms with E-state index in [-0.39, 0.29) is 17.4 Å². The molecule has 0 aliphatic heterocycles. The smallest absolute Gasteiger partial charge is 0.270 e. The molecule has 1 fully saturated rings. The topological polar surface area (TPSA) is 52.4 Å². The zero-order valence-electron chi connectivity index (χ0n) is 18.5. The van der Waals surface area contributed by atoms with Gasteiger partial charge in [-0.15, -0.1) is 0 Å². The van der Waals surface area contributed by atoms with Crippen LogP contribution in [0.15, 0.2) is 24.3 Å². The van der Waals surface area contributed by atoms with Gasteiger partial charge in [-0.3, -0.25) is 10.1 Å². The van der Waals surface area contributed by atoms with Gasteiger partial charge in [-0.05, 0) is 74.1 Å².